The van der Waals surface area contributed by atoms with Crippen LogP contribution in [0.2, 0.25) is 0 Å². The van der Waals surface area contributed by atoms with Gasteiger partial charge in [0.25, 0.3) is 0 Å². The van der Waals surface area contributed by atoms with Crippen LogP contribution >= 0.6 is 0 Å². The van der Waals surface area contributed by atoms with E-state index in [9.17, 15) is 9.90 Å². The lowest BCUT2D eigenvalue weighted by Crippen LogP contribution is -2.41. The number of hydrogen-bond donors (Lipinski definition) is 2. The molecule has 0 atom stereocenters. The summed E-state index contributed by atoms with van der Waals surface area (Å²) in [6, 6.07) is 0. The Labute approximate surface area is 66.0 Å². The minimum absolute atomic E-state index is 0.406. The highest BCUT2D eigenvalue weighted by molar-refractivity contribution is 5.77. The molecule has 0 amide bonds. The predicted molar refractivity (Wildman–Crippen MR) is 40.2 cm³/mol. The highest BCUT2D eigenvalue weighted by Crippen LogP contribution is 2.31. The molecule has 3 nitrogen and oxygen atoms in total. The Bertz CT molecular complexity index is 157. The van der Waals surface area contributed by atoms with Gasteiger partial charge < -0.3 is 10.2 Å². The van der Waals surface area contributed by atoms with E-state index in [1.807, 2.05) is 0 Å². The predicted octanol–water partition coefficient (Wildman–Crippen LogP) is 1.01. The Morgan fingerprint density at radius 1 is 1.45 bits per heavy atom. The summed E-state index contributed by atoms with van der Waals surface area (Å²) in [4.78, 5) is 10.5. The van der Waals surface area contributed by atoms with Crippen LogP contribution in [0, 0.1) is 5.92 Å². The molecule has 1 aliphatic carbocycles. The van der Waals surface area contributed by atoms with Crippen LogP contribution in [-0.2, 0) is 4.79 Å². The van der Waals surface area contributed by atoms with Gasteiger partial charge in [0.05, 0.1) is 0 Å². The first-order chi connectivity index (χ1) is 5.04. The van der Waals surface area contributed by atoms with E-state index in [0.29, 0.717) is 18.8 Å². The molecule has 0 heterocycles. The molecule has 0 spiro atoms. The Kier molecular flexibility index (Phi) is 2.18. The van der Waals surface area contributed by atoms with Gasteiger partial charge in [-0.25, -0.2) is 4.79 Å². The molecule has 0 aromatic carbocycles. The average Bonchev–Trinajstić information content (AvgIpc) is 1.95. The van der Waals surface area contributed by atoms with Gasteiger partial charge >= 0.3 is 5.97 Å². The largest absolute Gasteiger partial charge is 0.479 e. The summed E-state index contributed by atoms with van der Waals surface area (Å²) in [5.41, 5.74) is -1.42. The zero-order chi connectivity index (χ0) is 8.48. The first-order valence-electron chi connectivity index (χ1n) is 4.00. The fourth-order valence-electron chi connectivity index (χ4n) is 1.45. The van der Waals surface area contributed by atoms with Gasteiger partial charge in [-0.15, -0.1) is 0 Å². The van der Waals surface area contributed by atoms with Gasteiger partial charge in [0, 0.05) is 0 Å². The summed E-state index contributed by atoms with van der Waals surface area (Å²) in [5.74, 6) is -0.501. The normalized spacial score (nSPS) is 38.5. The topological polar surface area (TPSA) is 57.5 Å². The zero-order valence-corrected chi connectivity index (χ0v) is 6.71. The summed E-state index contributed by atoms with van der Waals surface area (Å²) < 4.78 is 0. The number of carboxylic acids is 1. The standard InChI is InChI=1S/C8H14O3/c1-6-2-4-8(11,5-3-6)7(9)10/h6,11H,2-5H2,1H3,(H,9,10). The van der Waals surface area contributed by atoms with Gasteiger partial charge in [0.2, 0.25) is 0 Å². The van der Waals surface area contributed by atoms with E-state index in [4.69, 9.17) is 5.11 Å². The Morgan fingerprint density at radius 2 is 1.91 bits per heavy atom. The van der Waals surface area contributed by atoms with Crippen molar-refractivity contribution >= 4 is 5.97 Å². The molecule has 64 valence electrons. The SMILES string of the molecule is CC1CCC(O)(C(=O)O)CC1. The number of aliphatic hydroxyl groups is 1. The van der Waals surface area contributed by atoms with Crippen LogP contribution in [0.25, 0.3) is 0 Å². The highest BCUT2D eigenvalue weighted by atomic mass is 16.4. The van der Waals surface area contributed by atoms with Crippen LogP contribution in [0.4, 0.5) is 0 Å². The van der Waals surface area contributed by atoms with E-state index in [1.54, 1.807) is 0 Å². The van der Waals surface area contributed by atoms with E-state index >= 15 is 0 Å². The second kappa shape index (κ2) is 2.81. The van der Waals surface area contributed by atoms with Crippen LogP contribution < -0.4 is 0 Å². The third-order valence-electron chi connectivity index (χ3n) is 2.50. The molecular weight excluding hydrogens is 144 g/mol. The fraction of sp³-hybridized carbons (Fsp3) is 0.875. The van der Waals surface area contributed by atoms with E-state index < -0.39 is 11.6 Å². The number of rotatable bonds is 1. The smallest absolute Gasteiger partial charge is 0.335 e. The molecular formula is C8H14O3. The molecule has 0 unspecified atom stereocenters. The van der Waals surface area contributed by atoms with Crippen molar-refractivity contribution in [2.75, 3.05) is 0 Å². The molecule has 2 N–H and O–H groups in total. The van der Waals surface area contributed by atoms with Crippen LogP contribution in [0.5, 0.6) is 0 Å². The van der Waals surface area contributed by atoms with Crippen LogP contribution in [0.3, 0.4) is 0 Å². The quantitative estimate of drug-likeness (QED) is 0.598. The van der Waals surface area contributed by atoms with E-state index in [1.165, 1.54) is 0 Å². The lowest BCUT2D eigenvalue weighted by atomic mass is 9.80. The van der Waals surface area contributed by atoms with E-state index in [-0.39, 0.29) is 0 Å². The summed E-state index contributed by atoms with van der Waals surface area (Å²) in [7, 11) is 0. The minimum Gasteiger partial charge on any atom is -0.479 e. The molecule has 1 fully saturated rings. The minimum atomic E-state index is -1.42. The molecule has 0 aromatic rings. The Balaban J connectivity index is 2.55. The monoisotopic (exact) mass is 158 g/mol. The van der Waals surface area contributed by atoms with Gasteiger partial charge in [0.1, 0.15) is 0 Å². The first kappa shape index (κ1) is 8.53. The average molecular weight is 158 g/mol. The molecule has 0 bridgehead atoms. The number of carbonyl (C=O) groups is 1. The fourth-order valence-corrected chi connectivity index (χ4v) is 1.45. The van der Waals surface area contributed by atoms with E-state index in [2.05, 4.69) is 6.92 Å². The number of hydrogen-bond acceptors (Lipinski definition) is 2. The lowest BCUT2D eigenvalue weighted by Gasteiger charge is -2.30. The Morgan fingerprint density at radius 3 is 2.27 bits per heavy atom. The van der Waals surface area contributed by atoms with Gasteiger partial charge in [0.15, 0.2) is 5.60 Å². The van der Waals surface area contributed by atoms with Crippen LogP contribution in [-0.4, -0.2) is 21.8 Å². The first-order valence-corrected chi connectivity index (χ1v) is 4.00. The van der Waals surface area contributed by atoms with Crippen molar-refractivity contribution in [3.8, 4) is 0 Å². The summed E-state index contributed by atoms with van der Waals surface area (Å²) in [5, 5.41) is 18.1. The van der Waals surface area contributed by atoms with Gasteiger partial charge in [-0.1, -0.05) is 6.92 Å². The molecule has 0 saturated heterocycles. The van der Waals surface area contributed by atoms with Crippen molar-refractivity contribution in [3.63, 3.8) is 0 Å². The van der Waals surface area contributed by atoms with Crippen molar-refractivity contribution in [2.45, 2.75) is 38.2 Å². The zero-order valence-electron chi connectivity index (χ0n) is 6.71. The molecule has 1 aliphatic rings. The lowest BCUT2D eigenvalue weighted by molar-refractivity contribution is -0.162. The molecule has 0 radical (unpaired) electrons. The molecule has 1 saturated carbocycles. The summed E-state index contributed by atoms with van der Waals surface area (Å²) in [6.07, 6.45) is 2.46. The maximum Gasteiger partial charge on any atom is 0.335 e. The van der Waals surface area contributed by atoms with Crippen molar-refractivity contribution in [1.82, 2.24) is 0 Å². The summed E-state index contributed by atoms with van der Waals surface area (Å²) in [6.45, 7) is 2.08. The number of aliphatic carboxylic acids is 1. The second-order valence-electron chi connectivity index (χ2n) is 3.52. The molecule has 0 aromatic heterocycles. The highest BCUT2D eigenvalue weighted by Gasteiger charge is 2.38. The van der Waals surface area contributed by atoms with Gasteiger partial charge in [-0.05, 0) is 31.6 Å². The second-order valence-corrected chi connectivity index (χ2v) is 3.52. The maximum atomic E-state index is 10.5. The van der Waals surface area contributed by atoms with Crippen molar-refractivity contribution < 1.29 is 15.0 Å². The third kappa shape index (κ3) is 1.71. The molecule has 0 aliphatic heterocycles. The molecule has 1 rings (SSSR count). The van der Waals surface area contributed by atoms with E-state index in [0.717, 1.165) is 12.8 Å². The van der Waals surface area contributed by atoms with Gasteiger partial charge in [-0.3, -0.25) is 0 Å². The maximum absolute atomic E-state index is 10.5. The molecule has 11 heavy (non-hydrogen) atoms. The van der Waals surface area contributed by atoms with Crippen molar-refractivity contribution in [1.29, 1.82) is 0 Å². The van der Waals surface area contributed by atoms with Crippen LogP contribution in [0.1, 0.15) is 32.6 Å². The van der Waals surface area contributed by atoms with Crippen molar-refractivity contribution in [2.24, 2.45) is 5.92 Å². The van der Waals surface area contributed by atoms with Crippen molar-refractivity contribution in [3.05, 3.63) is 0 Å². The van der Waals surface area contributed by atoms with Crippen LogP contribution in [0.15, 0.2) is 0 Å². The van der Waals surface area contributed by atoms with Gasteiger partial charge in [-0.2, -0.15) is 0 Å². The molecule has 3 heteroatoms. The third-order valence-corrected chi connectivity index (χ3v) is 2.50. The Hall–Kier alpha value is -0.570. The number of carboxylic acid groups (broad SMARTS) is 1. The summed E-state index contributed by atoms with van der Waals surface area (Å²) >= 11 is 0.